The average Bonchev–Trinajstić information content (AvgIpc) is 3.45. The molecule has 3 heterocycles. The Morgan fingerprint density at radius 3 is 2.61 bits per heavy atom. The second-order valence-corrected chi connectivity index (χ2v) is 7.94. The van der Waals surface area contributed by atoms with Crippen LogP contribution in [0.25, 0.3) is 0 Å². The van der Waals surface area contributed by atoms with E-state index in [9.17, 15) is 4.79 Å². The van der Waals surface area contributed by atoms with E-state index in [4.69, 9.17) is 9.47 Å². The van der Waals surface area contributed by atoms with Crippen LogP contribution in [0.5, 0.6) is 16.7 Å². The third kappa shape index (κ3) is 4.41. The van der Waals surface area contributed by atoms with Crippen molar-refractivity contribution in [3.8, 4) is 16.7 Å². The van der Waals surface area contributed by atoms with Gasteiger partial charge in [0.05, 0.1) is 12.2 Å². The third-order valence-electron chi connectivity index (χ3n) is 4.93. The van der Waals surface area contributed by atoms with E-state index in [1.165, 1.54) is 11.3 Å². The molecule has 0 radical (unpaired) electrons. The number of para-hydroxylation sites is 1. The van der Waals surface area contributed by atoms with E-state index in [0.717, 1.165) is 11.4 Å². The molecule has 0 unspecified atom stereocenters. The van der Waals surface area contributed by atoms with Crippen molar-refractivity contribution < 1.29 is 14.3 Å². The maximum atomic E-state index is 12.7. The summed E-state index contributed by atoms with van der Waals surface area (Å²) in [6.45, 7) is 1.55. The fourth-order valence-electron chi connectivity index (χ4n) is 3.23. The number of benzene rings is 2. The molecule has 1 aliphatic heterocycles. The molecule has 0 saturated carbocycles. The first-order chi connectivity index (χ1) is 15.2. The number of nitrogens with zero attached hydrogens (tertiary/aromatic N) is 5. The second-order valence-electron chi connectivity index (χ2n) is 7.08. The summed E-state index contributed by atoms with van der Waals surface area (Å²) in [7, 11) is 0. The molecule has 8 nitrogen and oxygen atoms in total. The van der Waals surface area contributed by atoms with Crippen LogP contribution >= 0.6 is 11.3 Å². The molecule has 0 N–H and O–H groups in total. The molecule has 0 spiro atoms. The van der Waals surface area contributed by atoms with Crippen LogP contribution in [0.1, 0.15) is 22.1 Å². The zero-order valence-corrected chi connectivity index (χ0v) is 17.3. The molecule has 2 aromatic heterocycles. The van der Waals surface area contributed by atoms with E-state index in [-0.39, 0.29) is 11.9 Å². The normalized spacial score (nSPS) is 13.6. The maximum Gasteiger partial charge on any atom is 0.278 e. The van der Waals surface area contributed by atoms with Gasteiger partial charge >= 0.3 is 0 Å². The maximum absolute atomic E-state index is 12.7. The lowest BCUT2D eigenvalue weighted by atomic mass is 10.1. The molecule has 1 saturated heterocycles. The molecule has 0 bridgehead atoms. The van der Waals surface area contributed by atoms with Crippen LogP contribution in [0.3, 0.4) is 0 Å². The van der Waals surface area contributed by atoms with Crippen molar-refractivity contribution in [3.63, 3.8) is 0 Å². The predicted molar refractivity (Wildman–Crippen MR) is 114 cm³/mol. The van der Waals surface area contributed by atoms with Crippen LogP contribution in [-0.4, -0.2) is 43.9 Å². The standard InChI is InChI=1S/C22H19N5O3S/c28-21(16-6-8-20(9-7-16)30-22-23-10-11-31-22)26-13-18(14-26)27-12-17(24-25-27)15-29-19-4-2-1-3-5-19/h1-12,18H,13-15H2. The predicted octanol–water partition coefficient (Wildman–Crippen LogP) is 3.80. The smallest absolute Gasteiger partial charge is 0.278 e. The highest BCUT2D eigenvalue weighted by Crippen LogP contribution is 2.26. The van der Waals surface area contributed by atoms with Gasteiger partial charge in [0.1, 0.15) is 23.8 Å². The van der Waals surface area contributed by atoms with Crippen molar-refractivity contribution in [1.82, 2.24) is 24.9 Å². The Morgan fingerprint density at radius 1 is 1.06 bits per heavy atom. The summed E-state index contributed by atoms with van der Waals surface area (Å²) in [6.07, 6.45) is 3.56. The number of carbonyl (C=O) groups excluding carboxylic acids is 1. The molecule has 0 aliphatic carbocycles. The summed E-state index contributed by atoms with van der Waals surface area (Å²) in [6, 6.07) is 16.8. The molecular weight excluding hydrogens is 414 g/mol. The van der Waals surface area contributed by atoms with Gasteiger partial charge < -0.3 is 14.4 Å². The lowest BCUT2D eigenvalue weighted by molar-refractivity contribution is 0.0498. The number of carbonyl (C=O) groups is 1. The molecule has 5 rings (SSSR count). The van der Waals surface area contributed by atoms with Gasteiger partial charge in [0.2, 0.25) is 0 Å². The number of thiazole rings is 1. The first-order valence-electron chi connectivity index (χ1n) is 9.80. The van der Waals surface area contributed by atoms with Gasteiger partial charge in [0, 0.05) is 30.2 Å². The van der Waals surface area contributed by atoms with Crippen molar-refractivity contribution in [1.29, 1.82) is 0 Å². The van der Waals surface area contributed by atoms with Gasteiger partial charge in [-0.3, -0.25) is 4.79 Å². The Hall–Kier alpha value is -3.72. The molecule has 0 atom stereocenters. The quantitative estimate of drug-likeness (QED) is 0.441. The van der Waals surface area contributed by atoms with Crippen molar-refractivity contribution in [2.45, 2.75) is 12.6 Å². The van der Waals surface area contributed by atoms with Crippen LogP contribution in [0.2, 0.25) is 0 Å². The molecule has 4 aromatic rings. The molecule has 156 valence electrons. The summed E-state index contributed by atoms with van der Waals surface area (Å²) in [5.74, 6) is 1.44. The molecule has 1 amide bonds. The Bertz CT molecular complexity index is 1140. The minimum absolute atomic E-state index is 0.00945. The number of aromatic nitrogens is 4. The summed E-state index contributed by atoms with van der Waals surface area (Å²) >= 11 is 1.42. The number of ether oxygens (including phenoxy) is 2. The van der Waals surface area contributed by atoms with E-state index in [1.807, 2.05) is 41.9 Å². The summed E-state index contributed by atoms with van der Waals surface area (Å²) in [5.41, 5.74) is 1.38. The van der Waals surface area contributed by atoms with Crippen molar-refractivity contribution in [2.75, 3.05) is 13.1 Å². The molecule has 2 aromatic carbocycles. The first kappa shape index (κ1) is 19.3. The summed E-state index contributed by atoms with van der Waals surface area (Å²) < 4.78 is 13.1. The summed E-state index contributed by atoms with van der Waals surface area (Å²) in [5, 5.41) is 10.8. The van der Waals surface area contributed by atoms with Gasteiger partial charge in [-0.1, -0.05) is 34.7 Å². The highest BCUT2D eigenvalue weighted by molar-refractivity contribution is 7.11. The number of hydrogen-bond acceptors (Lipinski definition) is 7. The monoisotopic (exact) mass is 433 g/mol. The van der Waals surface area contributed by atoms with Gasteiger partial charge in [-0.2, -0.15) is 0 Å². The van der Waals surface area contributed by atoms with Gasteiger partial charge in [-0.05, 0) is 36.4 Å². The number of amides is 1. The van der Waals surface area contributed by atoms with E-state index >= 15 is 0 Å². The third-order valence-corrected chi connectivity index (χ3v) is 5.58. The number of likely N-dealkylation sites (tertiary alicyclic amines) is 1. The van der Waals surface area contributed by atoms with Crippen LogP contribution in [0.15, 0.2) is 72.4 Å². The SMILES string of the molecule is O=C(c1ccc(Oc2nccs2)cc1)N1CC(n2cc(COc3ccccc3)nn2)C1. The molecular formula is C22H19N5O3S. The Labute approximate surface area is 182 Å². The number of rotatable bonds is 7. The lowest BCUT2D eigenvalue weighted by Crippen LogP contribution is -2.50. The van der Waals surface area contributed by atoms with Gasteiger partial charge in [0.25, 0.3) is 11.1 Å². The summed E-state index contributed by atoms with van der Waals surface area (Å²) in [4.78, 5) is 18.6. The largest absolute Gasteiger partial charge is 0.487 e. The van der Waals surface area contributed by atoms with Crippen LogP contribution in [-0.2, 0) is 6.61 Å². The number of hydrogen-bond donors (Lipinski definition) is 0. The van der Waals surface area contributed by atoms with Gasteiger partial charge in [-0.15, -0.1) is 5.10 Å². The molecule has 1 fully saturated rings. The van der Waals surface area contributed by atoms with E-state index in [1.54, 1.807) is 40.0 Å². The fraction of sp³-hybridized carbons (Fsp3) is 0.182. The second kappa shape index (κ2) is 8.57. The highest BCUT2D eigenvalue weighted by atomic mass is 32.1. The molecule has 31 heavy (non-hydrogen) atoms. The van der Waals surface area contributed by atoms with E-state index in [2.05, 4.69) is 15.3 Å². The van der Waals surface area contributed by atoms with Gasteiger partial charge in [-0.25, -0.2) is 9.67 Å². The van der Waals surface area contributed by atoms with E-state index in [0.29, 0.717) is 36.2 Å². The minimum atomic E-state index is -0.00945. The first-order valence-corrected chi connectivity index (χ1v) is 10.7. The molecule has 9 heteroatoms. The van der Waals surface area contributed by atoms with Crippen LogP contribution < -0.4 is 9.47 Å². The molecule has 1 aliphatic rings. The Morgan fingerprint density at radius 2 is 1.87 bits per heavy atom. The zero-order chi connectivity index (χ0) is 21.0. The Balaban J connectivity index is 1.13. The van der Waals surface area contributed by atoms with Crippen molar-refractivity contribution in [2.24, 2.45) is 0 Å². The topological polar surface area (TPSA) is 82.4 Å². The van der Waals surface area contributed by atoms with Crippen LogP contribution in [0, 0.1) is 0 Å². The zero-order valence-electron chi connectivity index (χ0n) is 16.5. The Kier molecular flexibility index (Phi) is 5.32. The van der Waals surface area contributed by atoms with Crippen molar-refractivity contribution in [3.05, 3.63) is 83.6 Å². The minimum Gasteiger partial charge on any atom is -0.487 e. The lowest BCUT2D eigenvalue weighted by Gasteiger charge is -2.38. The average molecular weight is 433 g/mol. The van der Waals surface area contributed by atoms with Gasteiger partial charge in [0.15, 0.2) is 0 Å². The van der Waals surface area contributed by atoms with Crippen LogP contribution in [0.4, 0.5) is 0 Å². The van der Waals surface area contributed by atoms with E-state index < -0.39 is 0 Å². The van der Waals surface area contributed by atoms with Crippen molar-refractivity contribution >= 4 is 17.2 Å². The highest BCUT2D eigenvalue weighted by Gasteiger charge is 2.33. The fourth-order valence-corrected chi connectivity index (χ4v) is 3.73.